The van der Waals surface area contributed by atoms with Crippen LogP contribution in [0.25, 0.3) is 21.8 Å². The Kier molecular flexibility index (Phi) is 5.53. The third kappa shape index (κ3) is 3.71. The third-order valence-corrected chi connectivity index (χ3v) is 6.57. The Morgan fingerprint density at radius 2 is 1.72 bits per heavy atom. The molecule has 1 unspecified atom stereocenters. The van der Waals surface area contributed by atoms with Crippen molar-refractivity contribution in [2.24, 2.45) is 0 Å². The summed E-state index contributed by atoms with van der Waals surface area (Å²) in [5.41, 5.74) is 3.28. The minimum Gasteiger partial charge on any atom is -0.354 e. The summed E-state index contributed by atoms with van der Waals surface area (Å²) < 4.78 is 2.32. The Morgan fingerprint density at radius 3 is 2.47 bits per heavy atom. The number of anilines is 2. The molecular formula is C26H29N5O. The molecule has 6 nitrogen and oxygen atoms in total. The maximum atomic E-state index is 13.0. The van der Waals surface area contributed by atoms with Crippen molar-refractivity contribution in [3.05, 3.63) is 66.9 Å². The van der Waals surface area contributed by atoms with Gasteiger partial charge in [-0.05, 0) is 50.2 Å². The van der Waals surface area contributed by atoms with Crippen molar-refractivity contribution in [3.63, 3.8) is 0 Å². The quantitative estimate of drug-likeness (QED) is 0.514. The van der Waals surface area contributed by atoms with Gasteiger partial charge in [-0.25, -0.2) is 4.98 Å². The van der Waals surface area contributed by atoms with Crippen molar-refractivity contribution in [1.29, 1.82) is 0 Å². The standard InChI is InChI=1S/C26H29N5O/c1-3-31-23-9-5-4-8-21(23)22-18-20(11-12-24(22)31)28-26(32)19(2)29-14-16-30(17-15-29)25-10-6-7-13-27-25/h4-13,18-19H,3,14-17H2,1-2H3,(H,28,32). The molecule has 0 bridgehead atoms. The summed E-state index contributed by atoms with van der Waals surface area (Å²) in [4.78, 5) is 22.0. The Morgan fingerprint density at radius 1 is 0.969 bits per heavy atom. The molecule has 3 heterocycles. The zero-order chi connectivity index (χ0) is 22.1. The summed E-state index contributed by atoms with van der Waals surface area (Å²) in [6.45, 7) is 8.50. The first-order valence-electron chi connectivity index (χ1n) is 11.4. The summed E-state index contributed by atoms with van der Waals surface area (Å²) in [5.74, 6) is 1.04. The third-order valence-electron chi connectivity index (χ3n) is 6.57. The molecule has 1 atom stereocenters. The zero-order valence-electron chi connectivity index (χ0n) is 18.7. The summed E-state index contributed by atoms with van der Waals surface area (Å²) in [7, 11) is 0. The van der Waals surface area contributed by atoms with Crippen LogP contribution >= 0.6 is 0 Å². The van der Waals surface area contributed by atoms with Gasteiger partial charge in [-0.15, -0.1) is 0 Å². The number of nitrogens with zero attached hydrogens (tertiary/aromatic N) is 4. The number of aromatic nitrogens is 2. The van der Waals surface area contributed by atoms with E-state index >= 15 is 0 Å². The lowest BCUT2D eigenvalue weighted by Gasteiger charge is -2.37. The van der Waals surface area contributed by atoms with E-state index in [1.807, 2.05) is 37.4 Å². The monoisotopic (exact) mass is 427 g/mol. The van der Waals surface area contributed by atoms with Gasteiger partial charge in [-0.3, -0.25) is 9.69 Å². The number of para-hydroxylation sites is 1. The van der Waals surface area contributed by atoms with E-state index in [1.54, 1.807) is 0 Å². The van der Waals surface area contributed by atoms with E-state index in [4.69, 9.17) is 0 Å². The number of carbonyl (C=O) groups excluding carboxylic acids is 1. The van der Waals surface area contributed by atoms with Crippen LogP contribution in [0.15, 0.2) is 66.9 Å². The molecule has 5 rings (SSSR count). The second-order valence-electron chi connectivity index (χ2n) is 8.37. The van der Waals surface area contributed by atoms with Crippen molar-refractivity contribution < 1.29 is 4.79 Å². The van der Waals surface area contributed by atoms with Crippen LogP contribution in [0, 0.1) is 0 Å². The van der Waals surface area contributed by atoms with Crippen molar-refractivity contribution in [2.45, 2.75) is 26.4 Å². The average molecular weight is 428 g/mol. The fourth-order valence-electron chi connectivity index (χ4n) is 4.76. The Bertz CT molecular complexity index is 1240. The molecule has 6 heteroatoms. The van der Waals surface area contributed by atoms with E-state index in [2.05, 4.69) is 68.0 Å². The van der Waals surface area contributed by atoms with Gasteiger partial charge in [0.1, 0.15) is 5.82 Å². The summed E-state index contributed by atoms with van der Waals surface area (Å²) in [5, 5.41) is 5.55. The smallest absolute Gasteiger partial charge is 0.241 e. The largest absolute Gasteiger partial charge is 0.354 e. The van der Waals surface area contributed by atoms with Crippen LogP contribution in [-0.2, 0) is 11.3 Å². The fourth-order valence-corrected chi connectivity index (χ4v) is 4.76. The predicted octanol–water partition coefficient (Wildman–Crippen LogP) is 4.36. The number of fused-ring (bicyclic) bond motifs is 3. The lowest BCUT2D eigenvalue weighted by molar-refractivity contribution is -0.120. The highest BCUT2D eigenvalue weighted by atomic mass is 16.2. The Labute approximate surface area is 188 Å². The molecule has 32 heavy (non-hydrogen) atoms. The number of pyridine rings is 1. The van der Waals surface area contributed by atoms with Gasteiger partial charge >= 0.3 is 0 Å². The van der Waals surface area contributed by atoms with Crippen molar-refractivity contribution in [2.75, 3.05) is 36.4 Å². The number of carbonyl (C=O) groups is 1. The van der Waals surface area contributed by atoms with Gasteiger partial charge in [0, 0.05) is 66.4 Å². The van der Waals surface area contributed by atoms with E-state index in [9.17, 15) is 4.79 Å². The molecule has 1 aliphatic heterocycles. The van der Waals surface area contributed by atoms with E-state index in [0.29, 0.717) is 0 Å². The number of aryl methyl sites for hydroxylation is 1. The molecule has 0 aliphatic carbocycles. The maximum Gasteiger partial charge on any atom is 0.241 e. The number of hydrogen-bond donors (Lipinski definition) is 1. The molecule has 0 spiro atoms. The molecule has 2 aromatic carbocycles. The van der Waals surface area contributed by atoms with Crippen molar-refractivity contribution in [1.82, 2.24) is 14.5 Å². The summed E-state index contributed by atoms with van der Waals surface area (Å²) in [6, 6.07) is 20.5. The molecule has 0 saturated carbocycles. The van der Waals surface area contributed by atoms with Crippen LogP contribution in [0.3, 0.4) is 0 Å². The van der Waals surface area contributed by atoms with Gasteiger partial charge in [0.2, 0.25) is 5.91 Å². The number of nitrogens with one attached hydrogen (secondary N) is 1. The molecule has 1 N–H and O–H groups in total. The van der Waals surface area contributed by atoms with Gasteiger partial charge in [-0.2, -0.15) is 0 Å². The average Bonchev–Trinajstić information content (AvgIpc) is 3.17. The topological polar surface area (TPSA) is 53.4 Å². The molecule has 1 aliphatic rings. The number of hydrogen-bond acceptors (Lipinski definition) is 4. The highest BCUT2D eigenvalue weighted by Gasteiger charge is 2.26. The first kappa shape index (κ1) is 20.5. The lowest BCUT2D eigenvalue weighted by atomic mass is 10.1. The van der Waals surface area contributed by atoms with Gasteiger partial charge < -0.3 is 14.8 Å². The summed E-state index contributed by atoms with van der Waals surface area (Å²) >= 11 is 0. The Hall–Kier alpha value is -3.38. The van der Waals surface area contributed by atoms with Crippen LogP contribution in [0.4, 0.5) is 11.5 Å². The zero-order valence-corrected chi connectivity index (χ0v) is 18.7. The van der Waals surface area contributed by atoms with Crippen LogP contribution in [0.1, 0.15) is 13.8 Å². The molecular weight excluding hydrogens is 398 g/mol. The van der Waals surface area contributed by atoms with E-state index in [0.717, 1.165) is 44.2 Å². The summed E-state index contributed by atoms with van der Waals surface area (Å²) in [6.07, 6.45) is 1.83. The molecule has 4 aromatic rings. The SMILES string of the molecule is CCn1c2ccccc2c2cc(NC(=O)C(C)N3CCN(c4ccccn4)CC3)ccc21. The predicted molar refractivity (Wildman–Crippen MR) is 131 cm³/mol. The van der Waals surface area contributed by atoms with Gasteiger partial charge in [0.05, 0.1) is 6.04 Å². The van der Waals surface area contributed by atoms with Crippen molar-refractivity contribution in [3.8, 4) is 0 Å². The number of piperazine rings is 1. The molecule has 1 fully saturated rings. The molecule has 2 aromatic heterocycles. The van der Waals surface area contributed by atoms with E-state index < -0.39 is 0 Å². The molecule has 164 valence electrons. The lowest BCUT2D eigenvalue weighted by Crippen LogP contribution is -2.53. The van der Waals surface area contributed by atoms with E-state index in [1.165, 1.54) is 21.8 Å². The minimum absolute atomic E-state index is 0.0369. The minimum atomic E-state index is -0.187. The Balaban J connectivity index is 1.29. The fraction of sp³-hybridized carbons (Fsp3) is 0.308. The number of rotatable bonds is 5. The van der Waals surface area contributed by atoms with Gasteiger partial charge in [-0.1, -0.05) is 24.3 Å². The number of amides is 1. The van der Waals surface area contributed by atoms with Gasteiger partial charge in [0.25, 0.3) is 0 Å². The number of benzene rings is 2. The van der Waals surface area contributed by atoms with Gasteiger partial charge in [0.15, 0.2) is 0 Å². The molecule has 0 radical (unpaired) electrons. The maximum absolute atomic E-state index is 13.0. The second kappa shape index (κ2) is 8.63. The van der Waals surface area contributed by atoms with E-state index in [-0.39, 0.29) is 11.9 Å². The highest BCUT2D eigenvalue weighted by Crippen LogP contribution is 2.31. The normalized spacial score (nSPS) is 15.9. The van der Waals surface area contributed by atoms with Crippen LogP contribution < -0.4 is 10.2 Å². The molecule has 1 saturated heterocycles. The van der Waals surface area contributed by atoms with Crippen molar-refractivity contribution >= 4 is 39.2 Å². The first-order chi connectivity index (χ1) is 15.7. The molecule has 1 amide bonds. The van der Waals surface area contributed by atoms with Crippen LogP contribution in [0.5, 0.6) is 0 Å². The highest BCUT2D eigenvalue weighted by molar-refractivity contribution is 6.10. The van der Waals surface area contributed by atoms with Crippen LogP contribution in [0.2, 0.25) is 0 Å². The second-order valence-corrected chi connectivity index (χ2v) is 8.37. The first-order valence-corrected chi connectivity index (χ1v) is 11.4. The van der Waals surface area contributed by atoms with Crippen LogP contribution in [-0.4, -0.2) is 52.6 Å².